The van der Waals surface area contributed by atoms with Crippen LogP contribution in [0.1, 0.15) is 25.8 Å². The summed E-state index contributed by atoms with van der Waals surface area (Å²) in [4.78, 5) is 0. The van der Waals surface area contributed by atoms with Crippen molar-refractivity contribution in [3.05, 3.63) is 29.8 Å². The molecule has 0 bridgehead atoms. The zero-order chi connectivity index (χ0) is 9.90. The van der Waals surface area contributed by atoms with Gasteiger partial charge in [-0.1, -0.05) is 26.0 Å². The zero-order valence-electron chi connectivity index (χ0n) is 8.25. The van der Waals surface area contributed by atoms with Gasteiger partial charge in [0.15, 0.2) is 0 Å². The van der Waals surface area contributed by atoms with Crippen LogP contribution in [0.5, 0.6) is 0 Å². The van der Waals surface area contributed by atoms with Crippen molar-refractivity contribution >= 4 is 5.69 Å². The van der Waals surface area contributed by atoms with E-state index >= 15 is 0 Å². The Kier molecular flexibility index (Phi) is 2.94. The molecule has 0 saturated heterocycles. The molecule has 0 spiro atoms. The average Bonchev–Trinajstić information content (AvgIpc) is 2.04. The fraction of sp³-hybridized carbons (Fsp3) is 0.455. The first-order valence-corrected chi connectivity index (χ1v) is 4.53. The molecule has 1 rings (SSSR count). The second kappa shape index (κ2) is 3.79. The van der Waals surface area contributed by atoms with Gasteiger partial charge in [0.25, 0.3) is 0 Å². The summed E-state index contributed by atoms with van der Waals surface area (Å²) in [6.07, 6.45) is 0.760. The van der Waals surface area contributed by atoms with Crippen LogP contribution in [0.25, 0.3) is 0 Å². The molecule has 0 aromatic heterocycles. The molecule has 13 heavy (non-hydrogen) atoms. The lowest BCUT2D eigenvalue weighted by Crippen LogP contribution is -2.18. The van der Waals surface area contributed by atoms with Gasteiger partial charge in [0.2, 0.25) is 0 Å². The number of benzene rings is 1. The third-order valence-corrected chi connectivity index (χ3v) is 2.40. The maximum Gasteiger partial charge on any atom is 0.0439 e. The molecule has 2 heteroatoms. The minimum Gasteiger partial charge on any atom is -0.399 e. The maximum absolute atomic E-state index is 8.90. The van der Waals surface area contributed by atoms with Crippen molar-refractivity contribution < 1.29 is 5.11 Å². The van der Waals surface area contributed by atoms with Crippen molar-refractivity contribution in [1.82, 2.24) is 0 Å². The minimum atomic E-state index is 0.00410. The fourth-order valence-corrected chi connectivity index (χ4v) is 1.38. The molecular weight excluding hydrogens is 162 g/mol. The van der Waals surface area contributed by atoms with Crippen molar-refractivity contribution in [2.24, 2.45) is 0 Å². The van der Waals surface area contributed by atoms with Gasteiger partial charge in [-0.15, -0.1) is 0 Å². The van der Waals surface area contributed by atoms with E-state index in [1.807, 2.05) is 24.3 Å². The van der Waals surface area contributed by atoms with Gasteiger partial charge in [0, 0.05) is 12.3 Å². The van der Waals surface area contributed by atoms with E-state index in [0.717, 1.165) is 12.1 Å². The van der Waals surface area contributed by atoms with Crippen molar-refractivity contribution in [2.75, 3.05) is 12.3 Å². The zero-order valence-corrected chi connectivity index (χ0v) is 8.25. The summed E-state index contributed by atoms with van der Waals surface area (Å²) in [6, 6.07) is 7.84. The van der Waals surface area contributed by atoms with Crippen LogP contribution in [0.15, 0.2) is 24.3 Å². The quantitative estimate of drug-likeness (QED) is 0.696. The molecule has 0 fully saturated rings. The van der Waals surface area contributed by atoms with E-state index in [0.29, 0.717) is 0 Å². The average molecular weight is 179 g/mol. The molecule has 0 aliphatic rings. The fourth-order valence-electron chi connectivity index (χ4n) is 1.38. The number of anilines is 1. The van der Waals surface area contributed by atoms with Gasteiger partial charge < -0.3 is 10.8 Å². The molecule has 0 amide bonds. The summed E-state index contributed by atoms with van der Waals surface area (Å²) in [5, 5.41) is 8.90. The van der Waals surface area contributed by atoms with Gasteiger partial charge in [-0.25, -0.2) is 0 Å². The van der Waals surface area contributed by atoms with Gasteiger partial charge in [0.1, 0.15) is 0 Å². The van der Waals surface area contributed by atoms with Crippen LogP contribution in [0.4, 0.5) is 5.69 Å². The van der Waals surface area contributed by atoms with Gasteiger partial charge in [-0.05, 0) is 29.5 Å². The molecule has 1 aromatic rings. The maximum atomic E-state index is 8.90. The van der Waals surface area contributed by atoms with E-state index in [-0.39, 0.29) is 12.0 Å². The third kappa shape index (κ3) is 2.46. The largest absolute Gasteiger partial charge is 0.399 e. The first-order valence-electron chi connectivity index (χ1n) is 4.53. The summed E-state index contributed by atoms with van der Waals surface area (Å²) >= 11 is 0. The van der Waals surface area contributed by atoms with Crippen LogP contribution in [-0.2, 0) is 5.41 Å². The number of hydrogen-bond donors (Lipinski definition) is 2. The second-order valence-corrected chi connectivity index (χ2v) is 3.98. The highest BCUT2D eigenvalue weighted by molar-refractivity contribution is 5.42. The summed E-state index contributed by atoms with van der Waals surface area (Å²) in [5.74, 6) is 0. The Labute approximate surface area is 79.4 Å². The van der Waals surface area contributed by atoms with Gasteiger partial charge >= 0.3 is 0 Å². The van der Waals surface area contributed by atoms with Crippen LogP contribution in [0.2, 0.25) is 0 Å². The standard InChI is InChI=1S/C11H17NO/c1-11(2,6-7-13)9-4-3-5-10(12)8-9/h3-5,8,13H,6-7,12H2,1-2H3. The second-order valence-electron chi connectivity index (χ2n) is 3.98. The first kappa shape index (κ1) is 10.1. The first-order chi connectivity index (χ1) is 6.06. The lowest BCUT2D eigenvalue weighted by atomic mass is 9.82. The number of hydrogen-bond acceptors (Lipinski definition) is 2. The van der Waals surface area contributed by atoms with Crippen LogP contribution >= 0.6 is 0 Å². The molecule has 0 heterocycles. The summed E-state index contributed by atoms with van der Waals surface area (Å²) in [5.41, 5.74) is 7.66. The molecule has 2 nitrogen and oxygen atoms in total. The monoisotopic (exact) mass is 179 g/mol. The minimum absolute atomic E-state index is 0.00410. The molecule has 0 aliphatic heterocycles. The SMILES string of the molecule is CC(C)(CCO)c1cccc(N)c1. The Balaban J connectivity index is 2.93. The third-order valence-electron chi connectivity index (χ3n) is 2.40. The number of nitrogen functional groups attached to an aromatic ring is 1. The Bertz CT molecular complexity index is 281. The van der Waals surface area contributed by atoms with E-state index in [4.69, 9.17) is 10.8 Å². The number of rotatable bonds is 3. The van der Waals surface area contributed by atoms with E-state index < -0.39 is 0 Å². The Morgan fingerprint density at radius 2 is 2.08 bits per heavy atom. The Morgan fingerprint density at radius 1 is 1.38 bits per heavy atom. The van der Waals surface area contributed by atoms with Crippen molar-refractivity contribution in [3.8, 4) is 0 Å². The molecule has 0 atom stereocenters. The van der Waals surface area contributed by atoms with Crippen molar-refractivity contribution in [2.45, 2.75) is 25.7 Å². The molecule has 0 radical (unpaired) electrons. The Hall–Kier alpha value is -1.02. The highest BCUT2D eigenvalue weighted by atomic mass is 16.3. The number of aliphatic hydroxyl groups excluding tert-OH is 1. The van der Waals surface area contributed by atoms with Crippen LogP contribution in [0.3, 0.4) is 0 Å². The predicted octanol–water partition coefficient (Wildman–Crippen LogP) is 1.93. The van der Waals surface area contributed by atoms with Crippen LogP contribution in [0, 0.1) is 0 Å². The van der Waals surface area contributed by atoms with Gasteiger partial charge in [-0.2, -0.15) is 0 Å². The van der Waals surface area contributed by atoms with Crippen LogP contribution < -0.4 is 5.73 Å². The smallest absolute Gasteiger partial charge is 0.0439 e. The topological polar surface area (TPSA) is 46.2 Å². The summed E-state index contributed by atoms with van der Waals surface area (Å²) < 4.78 is 0. The van der Waals surface area contributed by atoms with E-state index in [1.165, 1.54) is 5.56 Å². The van der Waals surface area contributed by atoms with E-state index in [1.54, 1.807) is 0 Å². The summed E-state index contributed by atoms with van der Waals surface area (Å²) in [6.45, 7) is 4.43. The van der Waals surface area contributed by atoms with Gasteiger partial charge in [0.05, 0.1) is 0 Å². The van der Waals surface area contributed by atoms with Crippen molar-refractivity contribution in [3.63, 3.8) is 0 Å². The lowest BCUT2D eigenvalue weighted by Gasteiger charge is -2.24. The molecule has 3 N–H and O–H groups in total. The molecular formula is C11H17NO. The van der Waals surface area contributed by atoms with E-state index in [2.05, 4.69) is 13.8 Å². The predicted molar refractivity (Wildman–Crippen MR) is 55.6 cm³/mol. The number of aliphatic hydroxyl groups is 1. The molecule has 0 aliphatic carbocycles. The highest BCUT2D eigenvalue weighted by Gasteiger charge is 2.19. The lowest BCUT2D eigenvalue weighted by molar-refractivity contribution is 0.252. The van der Waals surface area contributed by atoms with Gasteiger partial charge in [-0.3, -0.25) is 0 Å². The van der Waals surface area contributed by atoms with E-state index in [9.17, 15) is 0 Å². The van der Waals surface area contributed by atoms with Crippen molar-refractivity contribution in [1.29, 1.82) is 0 Å². The molecule has 0 unspecified atom stereocenters. The number of nitrogens with two attached hydrogens (primary N) is 1. The molecule has 0 saturated carbocycles. The normalized spacial score (nSPS) is 11.6. The highest BCUT2D eigenvalue weighted by Crippen LogP contribution is 2.27. The summed E-state index contributed by atoms with van der Waals surface area (Å²) in [7, 11) is 0. The molecule has 1 aromatic carbocycles. The Morgan fingerprint density at radius 3 is 2.62 bits per heavy atom. The molecule has 72 valence electrons. The van der Waals surface area contributed by atoms with Crippen LogP contribution in [-0.4, -0.2) is 11.7 Å².